The molecule has 0 spiro atoms. The largest absolute Gasteiger partial charge is 0.493 e. The van der Waals surface area contributed by atoms with Gasteiger partial charge in [0.05, 0.1) is 6.61 Å². The van der Waals surface area contributed by atoms with Crippen LogP contribution >= 0.6 is 11.3 Å². The topological polar surface area (TPSA) is 39.7 Å². The van der Waals surface area contributed by atoms with Crippen LogP contribution in [-0.4, -0.2) is 20.4 Å². The van der Waals surface area contributed by atoms with Gasteiger partial charge in [0.15, 0.2) is 11.5 Å². The first-order valence-electron chi connectivity index (χ1n) is 6.58. The summed E-state index contributed by atoms with van der Waals surface area (Å²) in [6.07, 6.45) is 0.914. The second-order valence-corrected chi connectivity index (χ2v) is 5.35. The summed E-state index contributed by atoms with van der Waals surface area (Å²) in [4.78, 5) is 0. The van der Waals surface area contributed by atoms with Crippen molar-refractivity contribution in [3.05, 3.63) is 40.1 Å². The molecule has 0 saturated heterocycles. The zero-order valence-corrected chi connectivity index (χ0v) is 12.2. The van der Waals surface area contributed by atoms with Gasteiger partial charge in [0, 0.05) is 24.6 Å². The highest BCUT2D eigenvalue weighted by molar-refractivity contribution is 7.07. The van der Waals surface area contributed by atoms with E-state index >= 15 is 0 Å². The predicted molar refractivity (Wildman–Crippen MR) is 78.8 cm³/mol. The van der Waals surface area contributed by atoms with Gasteiger partial charge in [-0.1, -0.05) is 0 Å². The Morgan fingerprint density at radius 2 is 2.15 bits per heavy atom. The maximum atomic E-state index is 5.92. The minimum Gasteiger partial charge on any atom is -0.493 e. The van der Waals surface area contributed by atoms with E-state index in [-0.39, 0.29) is 6.79 Å². The van der Waals surface area contributed by atoms with E-state index in [4.69, 9.17) is 14.2 Å². The summed E-state index contributed by atoms with van der Waals surface area (Å²) in [5, 5.41) is 7.38. The van der Waals surface area contributed by atoms with Gasteiger partial charge in [0.25, 0.3) is 0 Å². The van der Waals surface area contributed by atoms with Crippen LogP contribution in [0, 0.1) is 0 Å². The molecular formula is C15H17NO3S. The number of hydrogen-bond donors (Lipinski definition) is 1. The van der Waals surface area contributed by atoms with Crippen molar-refractivity contribution in [3.8, 4) is 17.2 Å². The molecular weight excluding hydrogens is 274 g/mol. The van der Waals surface area contributed by atoms with Gasteiger partial charge in [0.1, 0.15) is 5.75 Å². The van der Waals surface area contributed by atoms with Gasteiger partial charge in [-0.3, -0.25) is 0 Å². The Hall–Kier alpha value is -1.72. The van der Waals surface area contributed by atoms with E-state index in [0.717, 1.165) is 35.8 Å². The Balaban J connectivity index is 1.70. The smallest absolute Gasteiger partial charge is 0.231 e. The van der Waals surface area contributed by atoms with Crippen LogP contribution in [0.2, 0.25) is 0 Å². The summed E-state index contributed by atoms with van der Waals surface area (Å²) in [6, 6.07) is 6.03. The molecule has 0 bridgehead atoms. The molecule has 20 heavy (non-hydrogen) atoms. The average Bonchev–Trinajstić information content (AvgIpc) is 3.10. The lowest BCUT2D eigenvalue weighted by Crippen LogP contribution is -2.09. The molecule has 3 rings (SSSR count). The highest BCUT2D eigenvalue weighted by atomic mass is 32.1. The highest BCUT2D eigenvalue weighted by Gasteiger charge is 2.17. The predicted octanol–water partition coefficient (Wildman–Crippen LogP) is 2.82. The maximum absolute atomic E-state index is 5.92. The minimum atomic E-state index is 0.284. The van der Waals surface area contributed by atoms with Crippen molar-refractivity contribution < 1.29 is 14.2 Å². The van der Waals surface area contributed by atoms with Crippen LogP contribution in [0.5, 0.6) is 17.2 Å². The zero-order valence-electron chi connectivity index (χ0n) is 11.3. The van der Waals surface area contributed by atoms with E-state index in [1.165, 1.54) is 5.56 Å². The van der Waals surface area contributed by atoms with Gasteiger partial charge in [-0.15, -0.1) is 0 Å². The molecule has 0 aliphatic carbocycles. The number of rotatable bonds is 6. The number of nitrogens with one attached hydrogen (secondary N) is 1. The number of hydrogen-bond acceptors (Lipinski definition) is 5. The normalized spacial score (nSPS) is 12.7. The number of ether oxygens (including phenoxy) is 3. The molecule has 1 aromatic carbocycles. The van der Waals surface area contributed by atoms with Crippen molar-refractivity contribution in [2.75, 3.05) is 20.4 Å². The van der Waals surface area contributed by atoms with E-state index in [0.29, 0.717) is 6.61 Å². The Bertz CT molecular complexity index is 569. The standard InChI is InChI=1S/C15H17NO3S/c1-16-8-12-6-14-15(19-10-18-14)7-13(12)17-4-2-11-3-5-20-9-11/h3,5-7,9,16H,2,4,8,10H2,1H3. The Morgan fingerprint density at radius 1 is 1.30 bits per heavy atom. The van der Waals surface area contributed by atoms with E-state index in [9.17, 15) is 0 Å². The van der Waals surface area contributed by atoms with E-state index < -0.39 is 0 Å². The lowest BCUT2D eigenvalue weighted by atomic mass is 10.1. The van der Waals surface area contributed by atoms with Crippen LogP contribution in [0.1, 0.15) is 11.1 Å². The highest BCUT2D eigenvalue weighted by Crippen LogP contribution is 2.38. The molecule has 0 fully saturated rings. The average molecular weight is 291 g/mol. The second-order valence-electron chi connectivity index (χ2n) is 4.57. The van der Waals surface area contributed by atoms with Crippen LogP contribution in [0.4, 0.5) is 0 Å². The van der Waals surface area contributed by atoms with E-state index in [1.807, 2.05) is 19.2 Å². The van der Waals surface area contributed by atoms with Gasteiger partial charge in [0.2, 0.25) is 6.79 Å². The minimum absolute atomic E-state index is 0.284. The lowest BCUT2D eigenvalue weighted by Gasteiger charge is -2.12. The summed E-state index contributed by atoms with van der Waals surface area (Å²) >= 11 is 1.71. The third-order valence-corrected chi connectivity index (χ3v) is 3.88. The second kappa shape index (κ2) is 6.15. The molecule has 0 saturated carbocycles. The molecule has 1 aliphatic rings. The van der Waals surface area contributed by atoms with Crippen molar-refractivity contribution in [1.82, 2.24) is 5.32 Å². The number of fused-ring (bicyclic) bond motifs is 1. The Labute approximate surface area is 122 Å². The molecule has 0 atom stereocenters. The lowest BCUT2D eigenvalue weighted by molar-refractivity contribution is 0.173. The third kappa shape index (κ3) is 2.89. The molecule has 1 N–H and O–H groups in total. The van der Waals surface area contributed by atoms with Crippen molar-refractivity contribution in [2.24, 2.45) is 0 Å². The molecule has 0 amide bonds. The third-order valence-electron chi connectivity index (χ3n) is 3.15. The summed E-state index contributed by atoms with van der Waals surface area (Å²) < 4.78 is 16.7. The first-order valence-corrected chi connectivity index (χ1v) is 7.52. The molecule has 5 heteroatoms. The Kier molecular flexibility index (Phi) is 4.08. The van der Waals surface area contributed by atoms with Crippen LogP contribution < -0.4 is 19.5 Å². The number of benzene rings is 1. The Morgan fingerprint density at radius 3 is 2.90 bits per heavy atom. The van der Waals surface area contributed by atoms with E-state index in [1.54, 1.807) is 11.3 Å². The van der Waals surface area contributed by atoms with Gasteiger partial charge in [-0.2, -0.15) is 11.3 Å². The van der Waals surface area contributed by atoms with Gasteiger partial charge in [-0.05, 0) is 35.5 Å². The van der Waals surface area contributed by atoms with Crippen molar-refractivity contribution in [1.29, 1.82) is 0 Å². The van der Waals surface area contributed by atoms with Crippen molar-refractivity contribution >= 4 is 11.3 Å². The van der Waals surface area contributed by atoms with Crippen molar-refractivity contribution in [2.45, 2.75) is 13.0 Å². The molecule has 1 aromatic heterocycles. The van der Waals surface area contributed by atoms with Crippen molar-refractivity contribution in [3.63, 3.8) is 0 Å². The van der Waals surface area contributed by atoms with Crippen LogP contribution in [0.15, 0.2) is 29.0 Å². The first-order chi connectivity index (χ1) is 9.86. The summed E-state index contributed by atoms with van der Waals surface area (Å²) in [7, 11) is 1.92. The van der Waals surface area contributed by atoms with E-state index in [2.05, 4.69) is 22.1 Å². The molecule has 1 aliphatic heterocycles. The molecule has 2 aromatic rings. The van der Waals surface area contributed by atoms with Crippen LogP contribution in [0.25, 0.3) is 0 Å². The maximum Gasteiger partial charge on any atom is 0.231 e. The fraction of sp³-hybridized carbons (Fsp3) is 0.333. The summed E-state index contributed by atoms with van der Waals surface area (Å²) in [6.45, 7) is 1.68. The molecule has 0 radical (unpaired) electrons. The summed E-state index contributed by atoms with van der Waals surface area (Å²) in [5.41, 5.74) is 2.40. The van der Waals surface area contributed by atoms with Crippen LogP contribution in [0.3, 0.4) is 0 Å². The number of thiophene rings is 1. The van der Waals surface area contributed by atoms with Gasteiger partial charge in [-0.25, -0.2) is 0 Å². The zero-order chi connectivity index (χ0) is 13.8. The van der Waals surface area contributed by atoms with Crippen LogP contribution in [-0.2, 0) is 13.0 Å². The van der Waals surface area contributed by atoms with Gasteiger partial charge >= 0.3 is 0 Å². The monoisotopic (exact) mass is 291 g/mol. The summed E-state index contributed by atoms with van der Waals surface area (Å²) in [5.74, 6) is 2.41. The SMILES string of the molecule is CNCc1cc2c(cc1OCCc1ccsc1)OCO2. The quantitative estimate of drug-likeness (QED) is 0.888. The fourth-order valence-electron chi connectivity index (χ4n) is 2.14. The molecule has 106 valence electrons. The molecule has 4 nitrogen and oxygen atoms in total. The molecule has 2 heterocycles. The molecule has 0 unspecified atom stereocenters. The fourth-order valence-corrected chi connectivity index (χ4v) is 2.85. The van der Waals surface area contributed by atoms with Gasteiger partial charge < -0.3 is 19.5 Å². The first kappa shape index (κ1) is 13.3.